The molecule has 1 atom stereocenters. The van der Waals surface area contributed by atoms with Crippen molar-refractivity contribution in [1.29, 1.82) is 0 Å². The maximum atomic E-state index is 5.49. The van der Waals surface area contributed by atoms with Crippen LogP contribution in [0.5, 0.6) is 11.5 Å². The zero-order valence-electron chi connectivity index (χ0n) is 14.0. The molecule has 128 valence electrons. The van der Waals surface area contributed by atoms with E-state index in [1.54, 1.807) is 18.9 Å². The molecule has 1 aliphatic rings. The molecule has 0 bridgehead atoms. The Morgan fingerprint density at radius 3 is 2.44 bits per heavy atom. The summed E-state index contributed by atoms with van der Waals surface area (Å²) >= 11 is 1.64. The molecular weight excluding hydrogens is 336 g/mol. The van der Waals surface area contributed by atoms with Gasteiger partial charge in [-0.2, -0.15) is 0 Å². The van der Waals surface area contributed by atoms with Crippen molar-refractivity contribution in [1.82, 2.24) is 14.9 Å². The van der Waals surface area contributed by atoms with Crippen LogP contribution in [0.3, 0.4) is 0 Å². The number of rotatable bonds is 5. The van der Waals surface area contributed by atoms with Gasteiger partial charge in [-0.3, -0.25) is 0 Å². The summed E-state index contributed by atoms with van der Waals surface area (Å²) in [4.78, 5) is 0. The molecule has 4 rings (SSSR count). The van der Waals surface area contributed by atoms with Gasteiger partial charge in [0.05, 0.1) is 13.7 Å². The highest BCUT2D eigenvalue weighted by Gasteiger charge is 2.28. The van der Waals surface area contributed by atoms with E-state index in [1.165, 1.54) is 0 Å². The van der Waals surface area contributed by atoms with Gasteiger partial charge in [0.25, 0.3) is 0 Å². The molecule has 1 unspecified atom stereocenters. The van der Waals surface area contributed by atoms with E-state index < -0.39 is 0 Å². The molecule has 2 aromatic carbocycles. The number of hydrogen-bond acceptors (Lipinski definition) is 6. The third-order valence-corrected chi connectivity index (χ3v) is 5.03. The Labute approximate surface area is 150 Å². The predicted molar refractivity (Wildman–Crippen MR) is 97.6 cm³/mol. The molecule has 0 fully saturated rings. The first-order valence-corrected chi connectivity index (χ1v) is 8.92. The molecule has 1 aromatic heterocycles. The monoisotopic (exact) mass is 354 g/mol. The number of hydrogen-bond donors (Lipinski definition) is 1. The number of fused-ring (bicyclic) bond motifs is 1. The van der Waals surface area contributed by atoms with Crippen molar-refractivity contribution in [3.63, 3.8) is 0 Å². The van der Waals surface area contributed by atoms with Crippen molar-refractivity contribution in [2.24, 2.45) is 0 Å². The quantitative estimate of drug-likeness (QED) is 0.754. The van der Waals surface area contributed by atoms with Gasteiger partial charge in [-0.1, -0.05) is 23.9 Å². The lowest BCUT2D eigenvalue weighted by atomic mass is 10.2. The van der Waals surface area contributed by atoms with Gasteiger partial charge in [0.15, 0.2) is 5.82 Å². The fourth-order valence-corrected chi connectivity index (χ4v) is 3.68. The first kappa shape index (κ1) is 15.8. The number of aromatic nitrogens is 3. The fraction of sp³-hybridized carbons (Fsp3) is 0.222. The van der Waals surface area contributed by atoms with Gasteiger partial charge >= 0.3 is 0 Å². The van der Waals surface area contributed by atoms with E-state index in [2.05, 4.69) is 27.8 Å². The normalized spacial score (nSPS) is 15.5. The number of nitrogens with zero attached hydrogens (tertiary/aromatic N) is 3. The lowest BCUT2D eigenvalue weighted by molar-refractivity contribution is 0.340. The van der Waals surface area contributed by atoms with Crippen LogP contribution in [0, 0.1) is 0 Å². The molecule has 1 N–H and O–H groups in total. The standard InChI is InChI=1S/C18H18N4O2S/c1-3-24-15-10-4-12(5-11-15)16-19-20-18-22(16)21-17(25-18)13-6-8-14(23-2)9-7-13/h4-11,17,21H,3H2,1-2H3. The van der Waals surface area contributed by atoms with E-state index in [1.807, 2.05) is 48.0 Å². The minimum absolute atomic E-state index is 0.0952. The molecule has 25 heavy (non-hydrogen) atoms. The first-order chi connectivity index (χ1) is 12.3. The number of thioether (sulfide) groups is 1. The lowest BCUT2D eigenvalue weighted by Gasteiger charge is -2.13. The Hall–Kier alpha value is -2.67. The Morgan fingerprint density at radius 2 is 1.76 bits per heavy atom. The molecule has 0 amide bonds. The van der Waals surface area contributed by atoms with Crippen LogP contribution in [0.4, 0.5) is 0 Å². The van der Waals surface area contributed by atoms with Crippen LogP contribution in [-0.2, 0) is 0 Å². The summed E-state index contributed by atoms with van der Waals surface area (Å²) in [6, 6.07) is 15.9. The zero-order chi connectivity index (χ0) is 17.2. The van der Waals surface area contributed by atoms with Gasteiger partial charge in [-0.15, -0.1) is 10.2 Å². The molecule has 1 aliphatic heterocycles. The van der Waals surface area contributed by atoms with Crippen LogP contribution in [-0.4, -0.2) is 28.6 Å². The summed E-state index contributed by atoms with van der Waals surface area (Å²) in [5, 5.41) is 9.55. The molecular formula is C18H18N4O2S. The van der Waals surface area contributed by atoms with Gasteiger partial charge < -0.3 is 14.9 Å². The van der Waals surface area contributed by atoms with Crippen molar-refractivity contribution in [2.45, 2.75) is 17.5 Å². The third-order valence-electron chi connectivity index (χ3n) is 3.95. The van der Waals surface area contributed by atoms with E-state index in [0.29, 0.717) is 6.61 Å². The fourth-order valence-electron chi connectivity index (χ4n) is 2.69. The second-order valence-corrected chi connectivity index (χ2v) is 6.57. The highest BCUT2D eigenvalue weighted by molar-refractivity contribution is 7.99. The summed E-state index contributed by atoms with van der Waals surface area (Å²) in [6.07, 6.45) is 0. The Balaban J connectivity index is 1.56. The van der Waals surface area contributed by atoms with Crippen LogP contribution >= 0.6 is 11.8 Å². The Bertz CT molecular complexity index is 862. The second kappa shape index (κ2) is 6.68. The van der Waals surface area contributed by atoms with Crippen molar-refractivity contribution in [3.05, 3.63) is 54.1 Å². The van der Waals surface area contributed by atoms with Crippen molar-refractivity contribution in [2.75, 3.05) is 19.1 Å². The molecule has 0 spiro atoms. The summed E-state index contributed by atoms with van der Waals surface area (Å²) in [7, 11) is 1.67. The van der Waals surface area contributed by atoms with Crippen LogP contribution in [0.2, 0.25) is 0 Å². The molecule has 3 aromatic rings. The minimum atomic E-state index is 0.0952. The number of ether oxygens (including phenoxy) is 2. The third kappa shape index (κ3) is 3.02. The molecule has 2 heterocycles. The first-order valence-electron chi connectivity index (χ1n) is 8.04. The van der Waals surface area contributed by atoms with Crippen LogP contribution in [0.15, 0.2) is 53.7 Å². The molecule has 0 aliphatic carbocycles. The van der Waals surface area contributed by atoms with Crippen LogP contribution < -0.4 is 14.9 Å². The summed E-state index contributed by atoms with van der Waals surface area (Å²) in [5.74, 6) is 2.49. The van der Waals surface area contributed by atoms with Gasteiger partial charge in [-0.05, 0) is 48.9 Å². The zero-order valence-corrected chi connectivity index (χ0v) is 14.8. The number of benzene rings is 2. The van der Waals surface area contributed by atoms with E-state index in [4.69, 9.17) is 9.47 Å². The van der Waals surface area contributed by atoms with Crippen LogP contribution in [0.1, 0.15) is 17.9 Å². The number of nitrogens with one attached hydrogen (secondary N) is 1. The average molecular weight is 354 g/mol. The highest BCUT2D eigenvalue weighted by atomic mass is 32.2. The van der Waals surface area contributed by atoms with Crippen molar-refractivity contribution >= 4 is 11.8 Å². The van der Waals surface area contributed by atoms with E-state index in [9.17, 15) is 0 Å². The van der Waals surface area contributed by atoms with E-state index in [0.717, 1.165) is 33.6 Å². The summed E-state index contributed by atoms with van der Waals surface area (Å²) in [6.45, 7) is 2.63. The lowest BCUT2D eigenvalue weighted by Crippen LogP contribution is -2.13. The van der Waals surface area contributed by atoms with Gasteiger partial charge in [-0.25, -0.2) is 4.68 Å². The molecule has 6 nitrogen and oxygen atoms in total. The smallest absolute Gasteiger partial charge is 0.212 e. The number of methoxy groups -OCH3 is 1. The minimum Gasteiger partial charge on any atom is -0.497 e. The molecule has 0 radical (unpaired) electrons. The van der Waals surface area contributed by atoms with E-state index >= 15 is 0 Å². The van der Waals surface area contributed by atoms with Gasteiger partial charge in [0.2, 0.25) is 5.16 Å². The van der Waals surface area contributed by atoms with Gasteiger partial charge in [0.1, 0.15) is 16.9 Å². The topological polar surface area (TPSA) is 61.2 Å². The summed E-state index contributed by atoms with van der Waals surface area (Å²) in [5.41, 5.74) is 5.61. The Kier molecular flexibility index (Phi) is 4.23. The Morgan fingerprint density at radius 1 is 1.04 bits per heavy atom. The van der Waals surface area contributed by atoms with Gasteiger partial charge in [0, 0.05) is 5.56 Å². The average Bonchev–Trinajstić information content (AvgIpc) is 3.24. The summed E-state index contributed by atoms with van der Waals surface area (Å²) < 4.78 is 12.6. The van der Waals surface area contributed by atoms with Crippen molar-refractivity contribution in [3.8, 4) is 22.9 Å². The second-order valence-electron chi connectivity index (χ2n) is 5.50. The largest absolute Gasteiger partial charge is 0.497 e. The highest BCUT2D eigenvalue weighted by Crippen LogP contribution is 2.40. The SMILES string of the molecule is CCOc1ccc(-c2nnc3n2NC(c2ccc(OC)cc2)S3)cc1. The predicted octanol–water partition coefficient (Wildman–Crippen LogP) is 3.70. The van der Waals surface area contributed by atoms with Crippen LogP contribution in [0.25, 0.3) is 11.4 Å². The molecule has 0 saturated carbocycles. The maximum Gasteiger partial charge on any atom is 0.212 e. The molecule has 7 heteroatoms. The molecule has 0 saturated heterocycles. The van der Waals surface area contributed by atoms with E-state index in [-0.39, 0.29) is 5.37 Å². The van der Waals surface area contributed by atoms with Crippen molar-refractivity contribution < 1.29 is 9.47 Å². The maximum absolute atomic E-state index is 5.49.